The minimum absolute atomic E-state index is 0.134. The normalized spacial score (nSPS) is 14.6. The number of anilines is 1. The fourth-order valence-electron chi connectivity index (χ4n) is 3.27. The van der Waals surface area contributed by atoms with Crippen LogP contribution >= 0.6 is 11.3 Å². The number of aromatic nitrogens is 1. The van der Waals surface area contributed by atoms with Crippen molar-refractivity contribution in [2.75, 3.05) is 5.32 Å². The number of carbonyl (C=O) groups excluding carboxylic acids is 3. The fraction of sp³-hybridized carbons (Fsp3) is 0.400. The molecule has 0 spiro atoms. The van der Waals surface area contributed by atoms with Gasteiger partial charge in [0, 0.05) is 4.88 Å². The van der Waals surface area contributed by atoms with Crippen molar-refractivity contribution in [2.45, 2.75) is 46.6 Å². The molecule has 7 heteroatoms. The van der Waals surface area contributed by atoms with E-state index in [1.807, 2.05) is 27.7 Å². The van der Waals surface area contributed by atoms with Crippen LogP contribution in [0.5, 0.6) is 0 Å². The lowest BCUT2D eigenvalue weighted by atomic mass is 10.0. The molecule has 0 aliphatic carbocycles. The third kappa shape index (κ3) is 3.64. The van der Waals surface area contributed by atoms with Gasteiger partial charge in [0.05, 0.1) is 16.8 Å². The van der Waals surface area contributed by atoms with Crippen LogP contribution < -0.4 is 5.32 Å². The monoisotopic (exact) mass is 385 g/mol. The molecule has 2 aromatic rings. The molecule has 1 N–H and O–H groups in total. The van der Waals surface area contributed by atoms with Gasteiger partial charge in [0.2, 0.25) is 5.91 Å². The highest BCUT2D eigenvalue weighted by Gasteiger charge is 2.42. The predicted molar refractivity (Wildman–Crippen MR) is 105 cm³/mol. The molecule has 6 nitrogen and oxygen atoms in total. The Labute approximate surface area is 162 Å². The Balaban J connectivity index is 1.89. The Morgan fingerprint density at radius 2 is 1.78 bits per heavy atom. The van der Waals surface area contributed by atoms with E-state index in [-0.39, 0.29) is 11.8 Å². The van der Waals surface area contributed by atoms with E-state index in [0.29, 0.717) is 22.7 Å². The SMILES string of the molecule is CCc1nc(NC(=O)C(CC(C)C)N2C(=O)c3ccccc3C2=O)sc1C. The highest BCUT2D eigenvalue weighted by atomic mass is 32.1. The first kappa shape index (κ1) is 19.2. The number of benzene rings is 1. The Hall–Kier alpha value is -2.54. The molecular weight excluding hydrogens is 362 g/mol. The lowest BCUT2D eigenvalue weighted by Crippen LogP contribution is -2.47. The van der Waals surface area contributed by atoms with Crippen LogP contribution in [0.4, 0.5) is 5.13 Å². The van der Waals surface area contributed by atoms with Crippen molar-refractivity contribution in [3.63, 3.8) is 0 Å². The van der Waals surface area contributed by atoms with Crippen molar-refractivity contribution in [2.24, 2.45) is 5.92 Å². The summed E-state index contributed by atoms with van der Waals surface area (Å²) in [6.07, 6.45) is 1.17. The Bertz CT molecular complexity index is 869. The van der Waals surface area contributed by atoms with Gasteiger partial charge in [-0.1, -0.05) is 32.9 Å². The summed E-state index contributed by atoms with van der Waals surface area (Å²) in [5.74, 6) is -1.08. The smallest absolute Gasteiger partial charge is 0.262 e. The second-order valence-electron chi connectivity index (χ2n) is 7.04. The number of aryl methyl sites for hydroxylation is 2. The molecule has 3 amide bonds. The van der Waals surface area contributed by atoms with E-state index in [4.69, 9.17) is 0 Å². The highest BCUT2D eigenvalue weighted by Crippen LogP contribution is 2.28. The topological polar surface area (TPSA) is 79.4 Å². The van der Waals surface area contributed by atoms with Crippen LogP contribution in [0.2, 0.25) is 0 Å². The van der Waals surface area contributed by atoms with Crippen molar-refractivity contribution < 1.29 is 14.4 Å². The van der Waals surface area contributed by atoms with Crippen molar-refractivity contribution in [1.82, 2.24) is 9.88 Å². The highest BCUT2D eigenvalue weighted by molar-refractivity contribution is 7.15. The predicted octanol–water partition coefficient (Wildman–Crippen LogP) is 3.66. The lowest BCUT2D eigenvalue weighted by Gasteiger charge is -2.26. The minimum Gasteiger partial charge on any atom is -0.300 e. The number of carbonyl (C=O) groups is 3. The summed E-state index contributed by atoms with van der Waals surface area (Å²) in [6.45, 7) is 7.89. The summed E-state index contributed by atoms with van der Waals surface area (Å²) >= 11 is 1.40. The zero-order valence-corrected chi connectivity index (χ0v) is 16.7. The largest absolute Gasteiger partial charge is 0.300 e. The van der Waals surface area contributed by atoms with E-state index in [2.05, 4.69) is 10.3 Å². The van der Waals surface area contributed by atoms with E-state index in [0.717, 1.165) is 21.9 Å². The zero-order chi connectivity index (χ0) is 19.7. The molecule has 0 fully saturated rings. The number of nitrogens with zero attached hydrogens (tertiary/aromatic N) is 2. The molecule has 1 aliphatic rings. The lowest BCUT2D eigenvalue weighted by molar-refractivity contribution is -0.120. The minimum atomic E-state index is -0.869. The summed E-state index contributed by atoms with van der Waals surface area (Å²) in [4.78, 5) is 45.2. The molecule has 1 aromatic heterocycles. The Kier molecular flexibility index (Phi) is 5.41. The van der Waals surface area contributed by atoms with Crippen molar-refractivity contribution >= 4 is 34.2 Å². The number of nitrogens with one attached hydrogen (secondary N) is 1. The van der Waals surface area contributed by atoms with Crippen LogP contribution in [0, 0.1) is 12.8 Å². The molecular formula is C20H23N3O3S. The van der Waals surface area contributed by atoms with Gasteiger partial charge < -0.3 is 5.32 Å². The molecule has 3 rings (SSSR count). The van der Waals surface area contributed by atoms with Crippen LogP contribution in [-0.2, 0) is 11.2 Å². The van der Waals surface area contributed by atoms with Crippen molar-refractivity contribution in [3.8, 4) is 0 Å². The van der Waals surface area contributed by atoms with E-state index in [9.17, 15) is 14.4 Å². The summed E-state index contributed by atoms with van der Waals surface area (Å²) in [6, 6.07) is 5.81. The quantitative estimate of drug-likeness (QED) is 0.770. The van der Waals surface area contributed by atoms with Crippen LogP contribution in [0.1, 0.15) is 58.5 Å². The summed E-state index contributed by atoms with van der Waals surface area (Å²) in [7, 11) is 0. The molecule has 27 heavy (non-hydrogen) atoms. The third-order valence-electron chi connectivity index (χ3n) is 4.59. The van der Waals surface area contributed by atoms with Crippen molar-refractivity contribution in [3.05, 3.63) is 46.0 Å². The molecule has 1 aromatic carbocycles. The summed E-state index contributed by atoms with van der Waals surface area (Å²) in [5, 5.41) is 3.31. The standard InChI is InChI=1S/C20H23N3O3S/c1-5-15-12(4)27-20(21-15)22-17(24)16(10-11(2)3)23-18(25)13-8-6-7-9-14(13)19(23)26/h6-9,11,16H,5,10H2,1-4H3,(H,21,22,24). The van der Waals surface area contributed by atoms with Gasteiger partial charge in [-0.3, -0.25) is 19.3 Å². The first-order chi connectivity index (χ1) is 12.8. The fourth-order valence-corrected chi connectivity index (χ4v) is 4.17. The van der Waals surface area contributed by atoms with E-state index < -0.39 is 17.9 Å². The number of hydrogen-bond acceptors (Lipinski definition) is 5. The molecule has 2 heterocycles. The van der Waals surface area contributed by atoms with Gasteiger partial charge in [0.15, 0.2) is 5.13 Å². The first-order valence-corrected chi connectivity index (χ1v) is 9.89. The molecule has 1 unspecified atom stereocenters. The number of thiazole rings is 1. The second kappa shape index (κ2) is 7.60. The summed E-state index contributed by atoms with van der Waals surface area (Å²) < 4.78 is 0. The van der Waals surface area contributed by atoms with E-state index in [1.165, 1.54) is 11.3 Å². The third-order valence-corrected chi connectivity index (χ3v) is 5.52. The number of hydrogen-bond donors (Lipinski definition) is 1. The molecule has 1 atom stereocenters. The van der Waals surface area contributed by atoms with Gasteiger partial charge in [-0.05, 0) is 37.8 Å². The van der Waals surface area contributed by atoms with E-state index >= 15 is 0 Å². The molecule has 0 bridgehead atoms. The van der Waals surface area contributed by atoms with Gasteiger partial charge in [-0.2, -0.15) is 0 Å². The summed E-state index contributed by atoms with van der Waals surface area (Å²) in [5.41, 5.74) is 1.64. The average molecular weight is 385 g/mol. The van der Waals surface area contributed by atoms with Gasteiger partial charge in [-0.15, -0.1) is 11.3 Å². The van der Waals surface area contributed by atoms with Crippen LogP contribution in [0.3, 0.4) is 0 Å². The maximum absolute atomic E-state index is 13.0. The Morgan fingerprint density at radius 1 is 1.19 bits per heavy atom. The maximum atomic E-state index is 13.0. The van der Waals surface area contributed by atoms with Crippen molar-refractivity contribution in [1.29, 1.82) is 0 Å². The zero-order valence-electron chi connectivity index (χ0n) is 15.9. The van der Waals surface area contributed by atoms with E-state index in [1.54, 1.807) is 24.3 Å². The van der Waals surface area contributed by atoms with Crippen LogP contribution in [0.15, 0.2) is 24.3 Å². The average Bonchev–Trinajstić information content (AvgIpc) is 3.10. The number of amides is 3. The molecule has 0 saturated heterocycles. The number of imide groups is 1. The number of rotatable bonds is 6. The van der Waals surface area contributed by atoms with Gasteiger partial charge in [0.1, 0.15) is 6.04 Å². The molecule has 0 saturated carbocycles. The molecule has 142 valence electrons. The maximum Gasteiger partial charge on any atom is 0.262 e. The Morgan fingerprint density at radius 3 is 2.26 bits per heavy atom. The first-order valence-electron chi connectivity index (χ1n) is 9.07. The van der Waals surface area contributed by atoms with Crippen LogP contribution in [-0.4, -0.2) is 33.6 Å². The van der Waals surface area contributed by atoms with Gasteiger partial charge >= 0.3 is 0 Å². The number of fused-ring (bicyclic) bond motifs is 1. The van der Waals surface area contributed by atoms with Gasteiger partial charge in [0.25, 0.3) is 11.8 Å². The van der Waals surface area contributed by atoms with Crippen LogP contribution in [0.25, 0.3) is 0 Å². The van der Waals surface area contributed by atoms with Gasteiger partial charge in [-0.25, -0.2) is 4.98 Å². The second-order valence-corrected chi connectivity index (χ2v) is 8.24. The molecule has 0 radical (unpaired) electrons. The molecule has 1 aliphatic heterocycles.